The molecule has 5 N–H and O–H groups in total. The van der Waals surface area contributed by atoms with Crippen molar-refractivity contribution in [2.24, 2.45) is 5.73 Å². The van der Waals surface area contributed by atoms with Gasteiger partial charge in [0, 0.05) is 29.8 Å². The molecule has 2 aromatic carbocycles. The zero-order valence-electron chi connectivity index (χ0n) is 21.0. The number of nitrogens with zero attached hydrogens (tertiary/aromatic N) is 3. The number of aliphatic hydroxyl groups is 1. The van der Waals surface area contributed by atoms with Crippen LogP contribution in [0.3, 0.4) is 0 Å². The lowest BCUT2D eigenvalue weighted by molar-refractivity contribution is -0.109. The first-order valence-corrected chi connectivity index (χ1v) is 12.3. The summed E-state index contributed by atoms with van der Waals surface area (Å²) in [5.41, 5.74) is 14.5. The number of anilines is 1. The highest BCUT2D eigenvalue weighted by atomic mass is 16.3. The zero-order valence-corrected chi connectivity index (χ0v) is 21.0. The number of hydrogen-bond acceptors (Lipinski definition) is 6. The molecule has 8 nitrogen and oxygen atoms in total. The fourth-order valence-electron chi connectivity index (χ4n) is 3.85. The molecular formula is C28H34N6O2. The van der Waals surface area contributed by atoms with E-state index in [-0.39, 0.29) is 12.6 Å². The van der Waals surface area contributed by atoms with E-state index in [9.17, 15) is 9.90 Å². The summed E-state index contributed by atoms with van der Waals surface area (Å²) >= 11 is 0. The van der Waals surface area contributed by atoms with E-state index in [1.165, 1.54) is 24.0 Å². The number of amides is 1. The Morgan fingerprint density at radius 1 is 1.17 bits per heavy atom. The van der Waals surface area contributed by atoms with Gasteiger partial charge in [0.1, 0.15) is 0 Å². The number of nitrogens with two attached hydrogens (primary N) is 1. The lowest BCUT2D eigenvalue weighted by atomic mass is 10.0. The van der Waals surface area contributed by atoms with Crippen molar-refractivity contribution in [3.8, 4) is 22.5 Å². The van der Waals surface area contributed by atoms with Gasteiger partial charge in [0.05, 0.1) is 29.9 Å². The first-order valence-electron chi connectivity index (χ1n) is 12.3. The predicted molar refractivity (Wildman–Crippen MR) is 144 cm³/mol. The number of carbonyl (C=O) groups excluding carboxylic acids is 1. The Bertz CT molecular complexity index is 1340. The minimum atomic E-state index is -0.0492. The third-order valence-electron chi connectivity index (χ3n) is 6.23. The third kappa shape index (κ3) is 5.90. The van der Waals surface area contributed by atoms with Gasteiger partial charge in [0.15, 0.2) is 5.65 Å². The molecule has 1 aliphatic carbocycles. The van der Waals surface area contributed by atoms with E-state index >= 15 is 0 Å². The molecule has 2 aromatic heterocycles. The second-order valence-corrected chi connectivity index (χ2v) is 9.35. The third-order valence-corrected chi connectivity index (χ3v) is 6.23. The van der Waals surface area contributed by atoms with Crippen LogP contribution in [0.4, 0.5) is 5.69 Å². The summed E-state index contributed by atoms with van der Waals surface area (Å²) in [7, 11) is 0. The number of imidazole rings is 1. The van der Waals surface area contributed by atoms with Crippen LogP contribution in [0.25, 0.3) is 28.2 Å². The SMILES string of the molecule is Cc1ccc(-c2cnc3c(NCC(C)N)cc(-c4ccccc4CO)nn23)cc1C.O=CNC1CC1. The first-order chi connectivity index (χ1) is 17.4. The van der Waals surface area contributed by atoms with Crippen molar-refractivity contribution in [1.29, 1.82) is 0 Å². The van der Waals surface area contributed by atoms with Crippen LogP contribution in [0.1, 0.15) is 36.5 Å². The number of aromatic nitrogens is 3. The van der Waals surface area contributed by atoms with Crippen molar-refractivity contribution < 1.29 is 9.90 Å². The van der Waals surface area contributed by atoms with Gasteiger partial charge in [0.25, 0.3) is 0 Å². The van der Waals surface area contributed by atoms with Gasteiger partial charge in [-0.3, -0.25) is 4.79 Å². The molecule has 0 spiro atoms. The van der Waals surface area contributed by atoms with Crippen LogP contribution in [-0.4, -0.2) is 44.7 Å². The summed E-state index contributed by atoms with van der Waals surface area (Å²) in [6, 6.07) is 16.6. The van der Waals surface area contributed by atoms with Crippen molar-refractivity contribution in [2.45, 2.75) is 52.3 Å². The van der Waals surface area contributed by atoms with Gasteiger partial charge in [-0.15, -0.1) is 0 Å². The van der Waals surface area contributed by atoms with Gasteiger partial charge in [-0.1, -0.05) is 36.4 Å². The Balaban J connectivity index is 0.000000445. The van der Waals surface area contributed by atoms with Crippen LogP contribution in [-0.2, 0) is 11.4 Å². The molecule has 0 aliphatic heterocycles. The van der Waals surface area contributed by atoms with Gasteiger partial charge >= 0.3 is 0 Å². The Labute approximate surface area is 211 Å². The summed E-state index contributed by atoms with van der Waals surface area (Å²) in [5.74, 6) is 0. The number of benzene rings is 2. The molecule has 0 bridgehead atoms. The van der Waals surface area contributed by atoms with Crippen LogP contribution >= 0.6 is 0 Å². The molecule has 1 amide bonds. The maximum atomic E-state index is 9.81. The van der Waals surface area contributed by atoms with Crippen molar-refractivity contribution in [3.63, 3.8) is 0 Å². The number of nitrogens with one attached hydrogen (secondary N) is 2. The number of hydrogen-bond donors (Lipinski definition) is 4. The number of rotatable bonds is 8. The zero-order chi connectivity index (χ0) is 25.7. The summed E-state index contributed by atoms with van der Waals surface area (Å²) in [6.45, 7) is 6.73. The lowest BCUT2D eigenvalue weighted by Gasteiger charge is -2.14. The minimum absolute atomic E-state index is 0.000532. The number of carbonyl (C=O) groups is 1. The highest BCUT2D eigenvalue weighted by molar-refractivity contribution is 5.78. The molecule has 1 aliphatic rings. The Morgan fingerprint density at radius 3 is 2.58 bits per heavy atom. The quantitative estimate of drug-likeness (QED) is 0.281. The van der Waals surface area contributed by atoms with Gasteiger partial charge in [0.2, 0.25) is 6.41 Å². The van der Waals surface area contributed by atoms with Crippen LogP contribution in [0.2, 0.25) is 0 Å². The molecular weight excluding hydrogens is 452 g/mol. The lowest BCUT2D eigenvalue weighted by Crippen LogP contribution is -2.25. The van der Waals surface area contributed by atoms with Gasteiger partial charge in [-0.05, 0) is 62.4 Å². The molecule has 8 heteroatoms. The summed E-state index contributed by atoms with van der Waals surface area (Å²) in [6.07, 6.45) is 4.97. The minimum Gasteiger partial charge on any atom is -0.392 e. The normalized spacial score (nSPS) is 13.6. The van der Waals surface area contributed by atoms with E-state index in [1.54, 1.807) is 0 Å². The second kappa shape index (κ2) is 11.3. The monoisotopic (exact) mass is 486 g/mol. The number of aryl methyl sites for hydroxylation is 2. The average molecular weight is 487 g/mol. The molecule has 4 aromatic rings. The van der Waals surface area contributed by atoms with E-state index < -0.39 is 0 Å². The smallest absolute Gasteiger partial charge is 0.207 e. The van der Waals surface area contributed by atoms with E-state index in [0.29, 0.717) is 12.6 Å². The highest BCUT2D eigenvalue weighted by Crippen LogP contribution is 2.30. The molecule has 1 saturated carbocycles. The predicted octanol–water partition coefficient (Wildman–Crippen LogP) is 3.83. The molecule has 1 fully saturated rings. The molecule has 2 heterocycles. The van der Waals surface area contributed by atoms with Gasteiger partial charge in [-0.2, -0.15) is 5.10 Å². The van der Waals surface area contributed by atoms with Gasteiger partial charge in [-0.25, -0.2) is 9.50 Å². The van der Waals surface area contributed by atoms with Crippen LogP contribution in [0.15, 0.2) is 54.7 Å². The topological polar surface area (TPSA) is 118 Å². The van der Waals surface area contributed by atoms with E-state index in [0.717, 1.165) is 45.8 Å². The van der Waals surface area contributed by atoms with E-state index in [2.05, 4.69) is 47.7 Å². The van der Waals surface area contributed by atoms with Gasteiger partial charge < -0.3 is 21.5 Å². The Morgan fingerprint density at radius 2 is 1.94 bits per heavy atom. The van der Waals surface area contributed by atoms with Crippen molar-refractivity contribution >= 4 is 17.7 Å². The van der Waals surface area contributed by atoms with Crippen LogP contribution in [0, 0.1) is 13.8 Å². The number of fused-ring (bicyclic) bond motifs is 1. The van der Waals surface area contributed by atoms with Crippen molar-refractivity contribution in [3.05, 3.63) is 71.4 Å². The molecule has 36 heavy (non-hydrogen) atoms. The van der Waals surface area contributed by atoms with Crippen molar-refractivity contribution in [1.82, 2.24) is 19.9 Å². The first kappa shape index (κ1) is 25.3. The van der Waals surface area contributed by atoms with Crippen LogP contribution < -0.4 is 16.4 Å². The molecule has 1 unspecified atom stereocenters. The van der Waals surface area contributed by atoms with E-state index in [1.807, 2.05) is 48.0 Å². The maximum absolute atomic E-state index is 9.81. The van der Waals surface area contributed by atoms with Crippen molar-refractivity contribution in [2.75, 3.05) is 11.9 Å². The summed E-state index contributed by atoms with van der Waals surface area (Å²) in [5, 5.41) is 20.8. The standard InChI is InChI=1S/C24H27N5O.C4H7NO/c1-15-8-9-18(10-16(15)2)23-13-27-24-22(26-12-17(3)25)11-21(28-29(23)24)20-7-5-4-6-19(20)14-30;6-3-5-4-1-2-4/h4-11,13,17,26,30H,12,14,25H2,1-3H3;3-4H,1-2H2,(H,5,6). The molecule has 0 saturated heterocycles. The highest BCUT2D eigenvalue weighted by Gasteiger charge is 2.19. The summed E-state index contributed by atoms with van der Waals surface area (Å²) < 4.78 is 1.87. The largest absolute Gasteiger partial charge is 0.392 e. The second-order valence-electron chi connectivity index (χ2n) is 9.35. The fourth-order valence-corrected chi connectivity index (χ4v) is 3.85. The molecule has 0 radical (unpaired) electrons. The fraction of sp³-hybridized carbons (Fsp3) is 0.321. The van der Waals surface area contributed by atoms with E-state index in [4.69, 9.17) is 10.8 Å². The Hall–Kier alpha value is -3.75. The summed E-state index contributed by atoms with van der Waals surface area (Å²) in [4.78, 5) is 14.2. The Kier molecular flexibility index (Phi) is 7.97. The molecule has 5 rings (SSSR count). The number of aliphatic hydroxyl groups excluding tert-OH is 1. The maximum Gasteiger partial charge on any atom is 0.207 e. The molecule has 188 valence electrons. The molecule has 1 atom stereocenters. The van der Waals surface area contributed by atoms with Crippen LogP contribution in [0.5, 0.6) is 0 Å². The average Bonchev–Trinajstić information content (AvgIpc) is 3.60.